The summed E-state index contributed by atoms with van der Waals surface area (Å²) in [6.07, 6.45) is 3.48. The zero-order valence-electron chi connectivity index (χ0n) is 8.00. The lowest BCUT2D eigenvalue weighted by Crippen LogP contribution is -2.46. The van der Waals surface area contributed by atoms with Crippen molar-refractivity contribution in [1.82, 2.24) is 9.71 Å². The summed E-state index contributed by atoms with van der Waals surface area (Å²) >= 11 is 0. The van der Waals surface area contributed by atoms with Crippen molar-refractivity contribution in [2.24, 2.45) is 0 Å². The van der Waals surface area contributed by atoms with E-state index in [4.69, 9.17) is 5.11 Å². The van der Waals surface area contributed by atoms with Crippen LogP contribution in [0, 0.1) is 0 Å². The van der Waals surface area contributed by atoms with Gasteiger partial charge in [0, 0.05) is 18.4 Å². The van der Waals surface area contributed by atoms with Gasteiger partial charge in [-0.05, 0) is 25.0 Å². The second kappa shape index (κ2) is 3.88. The molecule has 1 aromatic rings. The van der Waals surface area contributed by atoms with Crippen LogP contribution in [0.15, 0.2) is 29.4 Å². The Hall–Kier alpha value is -0.980. The third-order valence-corrected chi connectivity index (χ3v) is 3.93. The molecule has 6 heteroatoms. The third kappa shape index (κ3) is 2.34. The molecule has 2 rings (SSSR count). The van der Waals surface area contributed by atoms with E-state index in [2.05, 4.69) is 9.71 Å². The quantitative estimate of drug-likeness (QED) is 0.756. The summed E-state index contributed by atoms with van der Waals surface area (Å²) in [5.41, 5.74) is 0. The second-order valence-corrected chi connectivity index (χ2v) is 5.34. The van der Waals surface area contributed by atoms with Crippen LogP contribution in [0.2, 0.25) is 0 Å². The van der Waals surface area contributed by atoms with E-state index in [0.717, 1.165) is 0 Å². The van der Waals surface area contributed by atoms with Gasteiger partial charge < -0.3 is 5.11 Å². The van der Waals surface area contributed by atoms with E-state index in [1.54, 1.807) is 0 Å². The number of pyridine rings is 1. The minimum Gasteiger partial charge on any atom is -0.393 e. The lowest BCUT2D eigenvalue weighted by Gasteiger charge is -2.31. The summed E-state index contributed by atoms with van der Waals surface area (Å²) in [6.45, 7) is 0. The molecule has 0 saturated heterocycles. The van der Waals surface area contributed by atoms with E-state index in [1.807, 2.05) is 0 Å². The third-order valence-electron chi connectivity index (χ3n) is 2.40. The second-order valence-electron chi connectivity index (χ2n) is 3.63. The molecule has 0 spiro atoms. The van der Waals surface area contributed by atoms with Gasteiger partial charge in [-0.2, -0.15) is 0 Å². The summed E-state index contributed by atoms with van der Waals surface area (Å²) < 4.78 is 26.0. The minimum absolute atomic E-state index is 0.141. The zero-order chi connectivity index (χ0) is 10.9. The molecule has 1 fully saturated rings. The van der Waals surface area contributed by atoms with Crippen LogP contribution >= 0.6 is 0 Å². The number of aliphatic hydroxyl groups is 1. The predicted molar refractivity (Wildman–Crippen MR) is 53.6 cm³/mol. The highest BCUT2D eigenvalue weighted by molar-refractivity contribution is 7.89. The van der Waals surface area contributed by atoms with E-state index in [1.165, 1.54) is 24.5 Å². The highest BCUT2D eigenvalue weighted by atomic mass is 32.2. The van der Waals surface area contributed by atoms with Crippen molar-refractivity contribution < 1.29 is 13.5 Å². The van der Waals surface area contributed by atoms with E-state index < -0.39 is 10.0 Å². The molecule has 0 aromatic carbocycles. The number of nitrogens with zero attached hydrogens (tertiary/aromatic N) is 1. The number of rotatable bonds is 3. The fourth-order valence-corrected chi connectivity index (χ4v) is 2.74. The molecule has 1 saturated carbocycles. The van der Waals surface area contributed by atoms with Gasteiger partial charge in [0.15, 0.2) is 0 Å². The topological polar surface area (TPSA) is 79.3 Å². The van der Waals surface area contributed by atoms with Crippen molar-refractivity contribution in [3.05, 3.63) is 24.5 Å². The average molecular weight is 228 g/mol. The maximum Gasteiger partial charge on any atom is 0.240 e. The standard InChI is InChI=1S/C9H12N2O3S/c12-8-5-7(6-8)11-15(13,14)9-1-3-10-4-2-9/h1-4,7-8,11-12H,5-6H2. The van der Waals surface area contributed by atoms with Crippen LogP contribution < -0.4 is 4.72 Å². The molecule has 0 unspecified atom stereocenters. The number of aromatic nitrogens is 1. The van der Waals surface area contributed by atoms with Crippen LogP contribution in [0.4, 0.5) is 0 Å². The Kier molecular flexibility index (Phi) is 2.72. The lowest BCUT2D eigenvalue weighted by molar-refractivity contribution is 0.0712. The van der Waals surface area contributed by atoms with Crippen molar-refractivity contribution in [3.8, 4) is 0 Å². The van der Waals surface area contributed by atoms with Gasteiger partial charge in [0.05, 0.1) is 11.0 Å². The van der Waals surface area contributed by atoms with Gasteiger partial charge in [0.25, 0.3) is 0 Å². The summed E-state index contributed by atoms with van der Waals surface area (Å²) in [5, 5.41) is 9.04. The van der Waals surface area contributed by atoms with Gasteiger partial charge in [0.2, 0.25) is 10.0 Å². The van der Waals surface area contributed by atoms with Gasteiger partial charge in [0.1, 0.15) is 0 Å². The smallest absolute Gasteiger partial charge is 0.240 e. The van der Waals surface area contributed by atoms with Crippen LogP contribution in [0.1, 0.15) is 12.8 Å². The summed E-state index contributed by atoms with van der Waals surface area (Å²) in [4.78, 5) is 3.96. The van der Waals surface area contributed by atoms with Crippen LogP contribution in [-0.2, 0) is 10.0 Å². The maximum atomic E-state index is 11.7. The molecule has 15 heavy (non-hydrogen) atoms. The summed E-state index contributed by atoms with van der Waals surface area (Å²) in [6, 6.07) is 2.74. The molecule has 1 aromatic heterocycles. The first-order valence-electron chi connectivity index (χ1n) is 4.68. The molecule has 1 aliphatic carbocycles. The monoisotopic (exact) mass is 228 g/mol. The number of hydrogen-bond donors (Lipinski definition) is 2. The number of sulfonamides is 1. The van der Waals surface area contributed by atoms with Crippen molar-refractivity contribution in [3.63, 3.8) is 0 Å². The molecule has 5 nitrogen and oxygen atoms in total. The van der Waals surface area contributed by atoms with Crippen molar-refractivity contribution >= 4 is 10.0 Å². The Bertz CT molecular complexity index is 426. The van der Waals surface area contributed by atoms with Crippen LogP contribution in [-0.4, -0.2) is 30.7 Å². The van der Waals surface area contributed by atoms with Gasteiger partial charge in [-0.1, -0.05) is 0 Å². The Balaban J connectivity index is 2.08. The highest BCUT2D eigenvalue weighted by Crippen LogP contribution is 2.21. The molecule has 1 aliphatic rings. The van der Waals surface area contributed by atoms with Crippen LogP contribution in [0.3, 0.4) is 0 Å². The van der Waals surface area contributed by atoms with Crippen molar-refractivity contribution in [2.75, 3.05) is 0 Å². The predicted octanol–water partition coefficient (Wildman–Crippen LogP) is -0.117. The first-order valence-corrected chi connectivity index (χ1v) is 6.17. The Labute approximate surface area is 88.2 Å². The molecule has 1 heterocycles. The van der Waals surface area contributed by atoms with E-state index in [9.17, 15) is 8.42 Å². The summed E-state index contributed by atoms with van der Waals surface area (Å²) in [5.74, 6) is 0. The minimum atomic E-state index is -3.44. The van der Waals surface area contributed by atoms with E-state index >= 15 is 0 Å². The lowest BCUT2D eigenvalue weighted by atomic mass is 9.91. The first-order chi connectivity index (χ1) is 7.08. The molecule has 2 N–H and O–H groups in total. The molecule has 0 atom stereocenters. The molecular formula is C9H12N2O3S. The average Bonchev–Trinajstić information content (AvgIpc) is 2.17. The van der Waals surface area contributed by atoms with Crippen molar-refractivity contribution in [1.29, 1.82) is 0 Å². The molecule has 82 valence electrons. The Morgan fingerprint density at radius 3 is 2.47 bits per heavy atom. The molecule has 0 bridgehead atoms. The van der Waals surface area contributed by atoms with Crippen LogP contribution in [0.25, 0.3) is 0 Å². The van der Waals surface area contributed by atoms with E-state index in [-0.39, 0.29) is 17.0 Å². The first kappa shape index (κ1) is 10.5. The van der Waals surface area contributed by atoms with Crippen LogP contribution in [0.5, 0.6) is 0 Å². The zero-order valence-corrected chi connectivity index (χ0v) is 8.81. The molecule has 0 radical (unpaired) electrons. The Morgan fingerprint density at radius 1 is 1.33 bits per heavy atom. The van der Waals surface area contributed by atoms with Crippen molar-refractivity contribution in [2.45, 2.75) is 29.9 Å². The largest absolute Gasteiger partial charge is 0.393 e. The highest BCUT2D eigenvalue weighted by Gasteiger charge is 2.31. The van der Waals surface area contributed by atoms with Gasteiger partial charge >= 0.3 is 0 Å². The molecule has 0 amide bonds. The fourth-order valence-electron chi connectivity index (χ4n) is 1.49. The summed E-state index contributed by atoms with van der Waals surface area (Å²) in [7, 11) is -3.44. The van der Waals surface area contributed by atoms with E-state index in [0.29, 0.717) is 12.8 Å². The van der Waals surface area contributed by atoms with Gasteiger partial charge in [-0.15, -0.1) is 0 Å². The normalized spacial score (nSPS) is 25.9. The number of aliphatic hydroxyl groups excluding tert-OH is 1. The number of nitrogens with one attached hydrogen (secondary N) is 1. The van der Waals surface area contributed by atoms with Gasteiger partial charge in [-0.25, -0.2) is 13.1 Å². The Morgan fingerprint density at radius 2 is 1.93 bits per heavy atom. The maximum absolute atomic E-state index is 11.7. The molecular weight excluding hydrogens is 216 g/mol. The molecule has 0 aliphatic heterocycles. The SMILES string of the molecule is O=S(=O)(NC1CC(O)C1)c1ccncc1. The fraction of sp³-hybridized carbons (Fsp3) is 0.444. The number of hydrogen-bond acceptors (Lipinski definition) is 4. The van der Waals surface area contributed by atoms with Gasteiger partial charge in [-0.3, -0.25) is 4.98 Å².